The van der Waals surface area contributed by atoms with Crippen LogP contribution in [0.1, 0.15) is 12.0 Å². The van der Waals surface area contributed by atoms with Crippen LogP contribution in [0.5, 0.6) is 0 Å². The summed E-state index contributed by atoms with van der Waals surface area (Å²) in [5.41, 5.74) is 5.16. The van der Waals surface area contributed by atoms with Gasteiger partial charge in [-0.3, -0.25) is 4.72 Å². The van der Waals surface area contributed by atoms with Crippen molar-refractivity contribution in [2.24, 2.45) is 5.73 Å². The second kappa shape index (κ2) is 5.61. The van der Waals surface area contributed by atoms with E-state index in [4.69, 9.17) is 11.0 Å². The summed E-state index contributed by atoms with van der Waals surface area (Å²) in [4.78, 5) is 0. The van der Waals surface area contributed by atoms with Gasteiger partial charge in [-0.05, 0) is 31.2 Å². The normalized spacial score (nSPS) is 10.9. The topological polar surface area (TPSA) is 96.0 Å². The number of nitrogens with one attached hydrogen (secondary N) is 1. The first-order valence-corrected chi connectivity index (χ1v) is 6.54. The van der Waals surface area contributed by atoms with Gasteiger partial charge in [0.05, 0.1) is 23.1 Å². The van der Waals surface area contributed by atoms with Gasteiger partial charge in [-0.15, -0.1) is 0 Å². The van der Waals surface area contributed by atoms with Crippen LogP contribution in [-0.4, -0.2) is 20.7 Å². The lowest BCUT2D eigenvalue weighted by Crippen LogP contribution is -2.19. The van der Waals surface area contributed by atoms with Gasteiger partial charge in [-0.25, -0.2) is 12.8 Å². The molecule has 0 fully saturated rings. The van der Waals surface area contributed by atoms with Crippen LogP contribution in [-0.2, 0) is 10.0 Å². The van der Waals surface area contributed by atoms with Gasteiger partial charge in [0.15, 0.2) is 0 Å². The Balaban J connectivity index is 2.86. The van der Waals surface area contributed by atoms with Crippen LogP contribution in [0.15, 0.2) is 18.2 Å². The van der Waals surface area contributed by atoms with Crippen molar-refractivity contribution >= 4 is 15.7 Å². The van der Waals surface area contributed by atoms with Crippen molar-refractivity contribution < 1.29 is 12.8 Å². The summed E-state index contributed by atoms with van der Waals surface area (Å²) in [6.07, 6.45) is 0.299. The number of anilines is 1. The van der Waals surface area contributed by atoms with Crippen molar-refractivity contribution in [3.8, 4) is 6.07 Å². The lowest BCUT2D eigenvalue weighted by atomic mass is 10.2. The Kier molecular flexibility index (Phi) is 4.43. The van der Waals surface area contributed by atoms with Gasteiger partial charge in [-0.2, -0.15) is 5.26 Å². The summed E-state index contributed by atoms with van der Waals surface area (Å²) < 4.78 is 38.4. The van der Waals surface area contributed by atoms with E-state index in [1.807, 2.05) is 0 Å². The molecule has 92 valence electrons. The van der Waals surface area contributed by atoms with E-state index in [0.717, 1.165) is 6.07 Å². The van der Waals surface area contributed by atoms with Crippen LogP contribution in [0, 0.1) is 17.1 Å². The standard InChI is InChI=1S/C10H12FN3O2S/c11-9-6-8(7-13)2-3-10(9)14-17(15,16)5-1-4-12/h2-3,6,14H,1,4-5,12H2. The molecule has 1 aromatic carbocycles. The molecule has 1 aromatic rings. The maximum Gasteiger partial charge on any atom is 0.232 e. The maximum absolute atomic E-state index is 13.4. The van der Waals surface area contributed by atoms with Gasteiger partial charge >= 0.3 is 0 Å². The molecule has 0 unspecified atom stereocenters. The summed E-state index contributed by atoms with van der Waals surface area (Å²) in [6, 6.07) is 5.28. The molecule has 7 heteroatoms. The number of hydrogen-bond acceptors (Lipinski definition) is 4. The molecule has 0 aliphatic heterocycles. The van der Waals surface area contributed by atoms with E-state index in [9.17, 15) is 12.8 Å². The molecule has 0 atom stereocenters. The first kappa shape index (κ1) is 13.4. The first-order chi connectivity index (χ1) is 7.98. The van der Waals surface area contributed by atoms with Crippen LogP contribution in [0.4, 0.5) is 10.1 Å². The second-order valence-electron chi connectivity index (χ2n) is 3.37. The van der Waals surface area contributed by atoms with E-state index in [1.165, 1.54) is 12.1 Å². The molecule has 0 saturated heterocycles. The quantitative estimate of drug-likeness (QED) is 0.815. The van der Waals surface area contributed by atoms with Crippen LogP contribution >= 0.6 is 0 Å². The predicted molar refractivity (Wildman–Crippen MR) is 62.2 cm³/mol. The highest BCUT2D eigenvalue weighted by Crippen LogP contribution is 2.16. The Hall–Kier alpha value is -1.65. The molecule has 0 heterocycles. The average molecular weight is 257 g/mol. The highest BCUT2D eigenvalue weighted by molar-refractivity contribution is 7.92. The molecule has 0 spiro atoms. The van der Waals surface area contributed by atoms with Crippen LogP contribution in [0.2, 0.25) is 0 Å². The van der Waals surface area contributed by atoms with Crippen LogP contribution in [0.25, 0.3) is 0 Å². The minimum atomic E-state index is -3.59. The van der Waals surface area contributed by atoms with Gasteiger partial charge in [0.25, 0.3) is 0 Å². The zero-order valence-corrected chi connectivity index (χ0v) is 9.80. The number of rotatable bonds is 5. The summed E-state index contributed by atoms with van der Waals surface area (Å²) in [5, 5.41) is 8.53. The molecule has 0 bridgehead atoms. The van der Waals surface area contributed by atoms with Crippen LogP contribution < -0.4 is 10.5 Å². The van der Waals surface area contributed by atoms with Crippen LogP contribution in [0.3, 0.4) is 0 Å². The van der Waals surface area contributed by atoms with E-state index in [-0.39, 0.29) is 23.5 Å². The molecule has 5 nitrogen and oxygen atoms in total. The number of benzene rings is 1. The van der Waals surface area contributed by atoms with Gasteiger partial charge < -0.3 is 5.73 Å². The first-order valence-electron chi connectivity index (χ1n) is 4.89. The van der Waals surface area contributed by atoms with Crippen molar-refractivity contribution in [3.05, 3.63) is 29.6 Å². The van der Waals surface area contributed by atoms with Gasteiger partial charge in [0.2, 0.25) is 10.0 Å². The maximum atomic E-state index is 13.4. The van der Waals surface area contributed by atoms with E-state index in [1.54, 1.807) is 6.07 Å². The lowest BCUT2D eigenvalue weighted by molar-refractivity contribution is 0.596. The third-order valence-corrected chi connectivity index (χ3v) is 3.34. The second-order valence-corrected chi connectivity index (χ2v) is 5.21. The van der Waals surface area contributed by atoms with E-state index < -0.39 is 15.8 Å². The summed E-state index contributed by atoms with van der Waals surface area (Å²) in [7, 11) is -3.59. The zero-order chi connectivity index (χ0) is 12.9. The average Bonchev–Trinajstić information content (AvgIpc) is 2.29. The smallest absolute Gasteiger partial charge is 0.232 e. The molecule has 1 rings (SSSR count). The Morgan fingerprint density at radius 3 is 2.71 bits per heavy atom. The number of nitriles is 1. The zero-order valence-electron chi connectivity index (χ0n) is 8.98. The fourth-order valence-electron chi connectivity index (χ4n) is 1.16. The summed E-state index contributed by atoms with van der Waals surface area (Å²) in [5.74, 6) is -0.941. The number of hydrogen-bond donors (Lipinski definition) is 2. The molecule has 0 aromatic heterocycles. The Morgan fingerprint density at radius 1 is 1.47 bits per heavy atom. The third-order valence-electron chi connectivity index (χ3n) is 1.98. The highest BCUT2D eigenvalue weighted by Gasteiger charge is 2.12. The molecule has 0 amide bonds. The Labute approximate surface area is 99.1 Å². The minimum Gasteiger partial charge on any atom is -0.330 e. The number of nitrogens with two attached hydrogens (primary N) is 1. The number of sulfonamides is 1. The fraction of sp³-hybridized carbons (Fsp3) is 0.300. The number of nitrogens with zero attached hydrogens (tertiary/aromatic N) is 1. The fourth-order valence-corrected chi connectivity index (χ4v) is 2.31. The Morgan fingerprint density at radius 2 is 2.18 bits per heavy atom. The van der Waals surface area contributed by atoms with Crippen molar-refractivity contribution in [2.45, 2.75) is 6.42 Å². The molecular weight excluding hydrogens is 245 g/mol. The minimum absolute atomic E-state index is 0.132. The number of halogens is 1. The largest absolute Gasteiger partial charge is 0.330 e. The third kappa shape index (κ3) is 4.01. The molecule has 0 radical (unpaired) electrons. The predicted octanol–water partition coefficient (Wildman–Crippen LogP) is 0.788. The van der Waals surface area contributed by atoms with E-state index >= 15 is 0 Å². The van der Waals surface area contributed by atoms with Crippen molar-refractivity contribution in [2.75, 3.05) is 17.0 Å². The van der Waals surface area contributed by atoms with Crippen molar-refractivity contribution in [1.82, 2.24) is 0 Å². The molecule has 0 aliphatic rings. The van der Waals surface area contributed by atoms with Gasteiger partial charge in [-0.1, -0.05) is 0 Å². The molecule has 3 N–H and O–H groups in total. The molecule has 0 aliphatic carbocycles. The molecular formula is C10H12FN3O2S. The van der Waals surface area contributed by atoms with E-state index in [2.05, 4.69) is 4.72 Å². The summed E-state index contributed by atoms with van der Waals surface area (Å²) >= 11 is 0. The lowest BCUT2D eigenvalue weighted by Gasteiger charge is -2.08. The molecule has 17 heavy (non-hydrogen) atoms. The summed E-state index contributed by atoms with van der Waals surface area (Å²) in [6.45, 7) is 0.247. The van der Waals surface area contributed by atoms with Gasteiger partial charge in [0, 0.05) is 0 Å². The Bertz CT molecular complexity index is 537. The monoisotopic (exact) mass is 257 g/mol. The van der Waals surface area contributed by atoms with Crippen molar-refractivity contribution in [3.63, 3.8) is 0 Å². The van der Waals surface area contributed by atoms with Crippen molar-refractivity contribution in [1.29, 1.82) is 5.26 Å². The van der Waals surface area contributed by atoms with Gasteiger partial charge in [0.1, 0.15) is 5.82 Å². The SMILES string of the molecule is N#Cc1ccc(NS(=O)(=O)CCCN)c(F)c1. The van der Waals surface area contributed by atoms with E-state index in [0.29, 0.717) is 6.42 Å². The highest BCUT2D eigenvalue weighted by atomic mass is 32.2. The molecule has 0 saturated carbocycles.